The van der Waals surface area contributed by atoms with Crippen LogP contribution in [0.2, 0.25) is 0 Å². The molecule has 1 aliphatic rings. The van der Waals surface area contributed by atoms with Crippen molar-refractivity contribution in [2.45, 2.75) is 58.4 Å². The third kappa shape index (κ3) is 6.30. The Morgan fingerprint density at radius 2 is 1.97 bits per heavy atom. The van der Waals surface area contributed by atoms with Crippen molar-refractivity contribution in [1.82, 2.24) is 24.3 Å². The fourth-order valence-electron chi connectivity index (χ4n) is 4.92. The minimum atomic E-state index is -0.222. The smallest absolute Gasteiger partial charge is 0.258 e. The standard InChI is InChI=1S/C30H40N6O2/c1-21-11-9-13-24-27(21)36(23-12-7-8-18-35(20-23)26(37)14-10-17-34(5)6)29(32-24)33-28(38)22-15-16-31-25(19-22)30(2,3)4/h9-11,13-16,19,23H,7-8,12,17-18,20H2,1-6H3,(H,32,33,38). The number of hydrogen-bond acceptors (Lipinski definition) is 5. The Bertz CT molecular complexity index is 1330. The first-order chi connectivity index (χ1) is 18.0. The molecule has 1 aromatic carbocycles. The Morgan fingerprint density at radius 3 is 2.71 bits per heavy atom. The summed E-state index contributed by atoms with van der Waals surface area (Å²) in [7, 11) is 3.96. The fraction of sp³-hybridized carbons (Fsp3) is 0.467. The number of amides is 2. The number of benzene rings is 1. The van der Waals surface area contributed by atoms with Gasteiger partial charge >= 0.3 is 0 Å². The van der Waals surface area contributed by atoms with Gasteiger partial charge in [0.25, 0.3) is 5.91 Å². The summed E-state index contributed by atoms with van der Waals surface area (Å²) in [6.07, 6.45) is 8.11. The number of aryl methyl sites for hydroxylation is 1. The van der Waals surface area contributed by atoms with Crippen LogP contribution in [0.4, 0.5) is 5.95 Å². The lowest BCUT2D eigenvalue weighted by atomic mass is 9.91. The van der Waals surface area contributed by atoms with Gasteiger partial charge in [-0.3, -0.25) is 19.9 Å². The molecular weight excluding hydrogens is 476 g/mol. The molecule has 38 heavy (non-hydrogen) atoms. The van der Waals surface area contributed by atoms with Crippen LogP contribution in [0.1, 0.15) is 67.7 Å². The number of anilines is 1. The van der Waals surface area contributed by atoms with E-state index in [1.807, 2.05) is 48.2 Å². The summed E-state index contributed by atoms with van der Waals surface area (Å²) in [5.41, 5.74) is 4.15. The van der Waals surface area contributed by atoms with Crippen molar-refractivity contribution in [3.8, 4) is 0 Å². The normalized spacial score (nSPS) is 16.8. The summed E-state index contributed by atoms with van der Waals surface area (Å²) in [6.45, 7) is 10.3. The fourth-order valence-corrected chi connectivity index (χ4v) is 4.92. The lowest BCUT2D eigenvalue weighted by Crippen LogP contribution is -2.35. The number of hydrogen-bond donors (Lipinski definition) is 1. The van der Waals surface area contributed by atoms with Crippen LogP contribution in [-0.2, 0) is 10.2 Å². The second-order valence-electron chi connectivity index (χ2n) is 11.5. The van der Waals surface area contributed by atoms with Crippen LogP contribution in [0.15, 0.2) is 48.7 Å². The zero-order valence-corrected chi connectivity index (χ0v) is 23.5. The van der Waals surface area contributed by atoms with E-state index in [4.69, 9.17) is 4.98 Å². The van der Waals surface area contributed by atoms with Gasteiger partial charge in [-0.05, 0) is 64.0 Å². The number of rotatable bonds is 6. The first kappa shape index (κ1) is 27.5. The number of aromatic nitrogens is 3. The second kappa shape index (κ2) is 11.5. The topological polar surface area (TPSA) is 83.4 Å². The first-order valence-corrected chi connectivity index (χ1v) is 13.4. The molecule has 2 amide bonds. The summed E-state index contributed by atoms with van der Waals surface area (Å²) in [5, 5.41) is 3.09. The quantitative estimate of drug-likeness (QED) is 0.468. The Labute approximate surface area is 225 Å². The molecule has 1 atom stereocenters. The summed E-state index contributed by atoms with van der Waals surface area (Å²) in [4.78, 5) is 39.8. The number of likely N-dealkylation sites (N-methyl/N-ethyl adjacent to an activating group) is 1. The molecule has 202 valence electrons. The number of imidazole rings is 1. The molecule has 0 bridgehead atoms. The third-order valence-electron chi connectivity index (χ3n) is 6.98. The van der Waals surface area contributed by atoms with E-state index in [9.17, 15) is 9.59 Å². The van der Waals surface area contributed by atoms with Gasteiger partial charge in [0.15, 0.2) is 0 Å². The van der Waals surface area contributed by atoms with Gasteiger partial charge in [0, 0.05) is 48.6 Å². The molecule has 0 spiro atoms. The zero-order chi connectivity index (χ0) is 27.4. The number of carbonyl (C=O) groups is 2. The van der Waals surface area contributed by atoms with Gasteiger partial charge in [0.2, 0.25) is 11.9 Å². The number of likely N-dealkylation sites (tertiary alicyclic amines) is 1. The number of fused-ring (bicyclic) bond motifs is 1. The van der Waals surface area contributed by atoms with Crippen LogP contribution in [0.3, 0.4) is 0 Å². The SMILES string of the molecule is Cc1cccc2nc(NC(=O)c3ccnc(C(C)(C)C)c3)n(C3CCCCN(C(=O)C=CCN(C)C)C3)c12. The lowest BCUT2D eigenvalue weighted by molar-refractivity contribution is -0.126. The average molecular weight is 517 g/mol. The second-order valence-corrected chi connectivity index (χ2v) is 11.5. The number of nitrogens with zero attached hydrogens (tertiary/aromatic N) is 5. The maximum atomic E-state index is 13.4. The highest BCUT2D eigenvalue weighted by Gasteiger charge is 2.27. The highest BCUT2D eigenvalue weighted by Crippen LogP contribution is 2.32. The molecule has 1 unspecified atom stereocenters. The molecule has 1 saturated heterocycles. The van der Waals surface area contributed by atoms with Crippen molar-refractivity contribution < 1.29 is 9.59 Å². The van der Waals surface area contributed by atoms with Gasteiger partial charge < -0.3 is 14.4 Å². The van der Waals surface area contributed by atoms with Gasteiger partial charge in [0.05, 0.1) is 17.1 Å². The van der Waals surface area contributed by atoms with Gasteiger partial charge in [-0.1, -0.05) is 39.0 Å². The molecule has 1 aliphatic heterocycles. The van der Waals surface area contributed by atoms with Crippen LogP contribution in [0.5, 0.6) is 0 Å². The summed E-state index contributed by atoms with van der Waals surface area (Å²) in [5.74, 6) is 0.313. The Morgan fingerprint density at radius 1 is 1.18 bits per heavy atom. The van der Waals surface area contributed by atoms with Gasteiger partial charge in [0.1, 0.15) is 0 Å². The lowest BCUT2D eigenvalue weighted by Gasteiger charge is -2.26. The molecule has 0 radical (unpaired) electrons. The van der Waals surface area contributed by atoms with E-state index in [-0.39, 0.29) is 23.3 Å². The highest BCUT2D eigenvalue weighted by molar-refractivity contribution is 6.04. The van der Waals surface area contributed by atoms with Crippen LogP contribution >= 0.6 is 0 Å². The maximum Gasteiger partial charge on any atom is 0.258 e. The molecule has 0 saturated carbocycles. The van der Waals surface area contributed by atoms with Crippen molar-refractivity contribution in [3.63, 3.8) is 0 Å². The largest absolute Gasteiger partial charge is 0.337 e. The predicted octanol–water partition coefficient (Wildman–Crippen LogP) is 4.96. The molecule has 8 heteroatoms. The van der Waals surface area contributed by atoms with E-state index in [1.165, 1.54) is 0 Å². The van der Waals surface area contributed by atoms with Gasteiger partial charge in [-0.2, -0.15) is 0 Å². The minimum absolute atomic E-state index is 0.00678. The van der Waals surface area contributed by atoms with Crippen LogP contribution in [0.25, 0.3) is 11.0 Å². The van der Waals surface area contributed by atoms with E-state index in [1.54, 1.807) is 18.3 Å². The number of carbonyl (C=O) groups excluding carboxylic acids is 2. The summed E-state index contributed by atoms with van der Waals surface area (Å²) in [6, 6.07) is 9.59. The zero-order valence-electron chi connectivity index (χ0n) is 23.5. The molecule has 8 nitrogen and oxygen atoms in total. The third-order valence-corrected chi connectivity index (χ3v) is 6.98. The van der Waals surface area contributed by atoms with Crippen molar-refractivity contribution in [2.24, 2.45) is 0 Å². The monoisotopic (exact) mass is 516 g/mol. The number of para-hydroxylation sites is 1. The number of pyridine rings is 1. The number of nitrogens with one attached hydrogen (secondary N) is 1. The van der Waals surface area contributed by atoms with Crippen molar-refractivity contribution in [2.75, 3.05) is 39.0 Å². The summed E-state index contributed by atoms with van der Waals surface area (Å²) < 4.78 is 2.14. The molecular formula is C30H40N6O2. The van der Waals surface area contributed by atoms with Crippen LogP contribution < -0.4 is 5.32 Å². The molecule has 4 rings (SSSR count). The molecule has 1 fully saturated rings. The molecule has 3 heterocycles. The Balaban J connectivity index is 1.68. The van der Waals surface area contributed by atoms with E-state index in [0.29, 0.717) is 18.1 Å². The average Bonchev–Trinajstić information content (AvgIpc) is 3.05. The molecule has 3 aromatic rings. The van der Waals surface area contributed by atoms with Crippen molar-refractivity contribution in [3.05, 3.63) is 65.5 Å². The predicted molar refractivity (Wildman–Crippen MR) is 153 cm³/mol. The Kier molecular flexibility index (Phi) is 8.31. The van der Waals surface area contributed by atoms with Crippen molar-refractivity contribution >= 4 is 28.8 Å². The van der Waals surface area contributed by atoms with E-state index in [0.717, 1.165) is 54.6 Å². The Hall–Kier alpha value is -3.52. The van der Waals surface area contributed by atoms with Gasteiger partial charge in [-0.15, -0.1) is 0 Å². The van der Waals surface area contributed by atoms with Crippen molar-refractivity contribution in [1.29, 1.82) is 0 Å². The first-order valence-electron chi connectivity index (χ1n) is 13.4. The van der Waals surface area contributed by atoms with Gasteiger partial charge in [-0.25, -0.2) is 4.98 Å². The summed E-state index contributed by atoms with van der Waals surface area (Å²) >= 11 is 0. The van der Waals surface area contributed by atoms with E-state index >= 15 is 0 Å². The van der Waals surface area contributed by atoms with Crippen LogP contribution in [-0.4, -0.2) is 69.9 Å². The molecule has 1 N–H and O–H groups in total. The highest BCUT2D eigenvalue weighted by atomic mass is 16.2. The minimum Gasteiger partial charge on any atom is -0.337 e. The van der Waals surface area contributed by atoms with E-state index in [2.05, 4.69) is 48.6 Å². The molecule has 2 aromatic heterocycles. The molecule has 0 aliphatic carbocycles. The van der Waals surface area contributed by atoms with E-state index < -0.39 is 0 Å². The maximum absolute atomic E-state index is 13.4. The van der Waals surface area contributed by atoms with Crippen LogP contribution in [0, 0.1) is 6.92 Å².